The van der Waals surface area contributed by atoms with Gasteiger partial charge >= 0.3 is 0 Å². The highest BCUT2D eigenvalue weighted by Gasteiger charge is 2.12. The molecule has 0 amide bonds. The van der Waals surface area contributed by atoms with Gasteiger partial charge < -0.3 is 0 Å². The first-order valence-corrected chi connectivity index (χ1v) is 18.0. The summed E-state index contributed by atoms with van der Waals surface area (Å²) in [5, 5.41) is 15.6. The number of benzene rings is 9. The predicted octanol–water partition coefficient (Wildman–Crippen LogP) is 14.4. The maximum atomic E-state index is 2.38. The Morgan fingerprint density at radius 3 is 1.04 bits per heavy atom. The molecule has 0 bridgehead atoms. The molecular formula is C46H26S2. The second-order valence-electron chi connectivity index (χ2n) is 13.0. The van der Waals surface area contributed by atoms with Gasteiger partial charge in [0.1, 0.15) is 0 Å². The molecule has 2 aromatic heterocycles. The van der Waals surface area contributed by atoms with Gasteiger partial charge in [-0.05, 0) is 138 Å². The standard InChI is InChI=1S/C46H26S2/c1-3-7-29-25-45-41(21-27(29)5-1)39-23-35(13-15-43(39)47-45)31-9-11-33-20-38-18-32(10-12-34(38)19-37(33)17-31)36-14-16-44-40(24-36)42-22-28-6-2-4-8-30(28)26-46(42)48-44/h1-26H. The largest absolute Gasteiger partial charge is 0.135 e. The first-order chi connectivity index (χ1) is 23.7. The lowest BCUT2D eigenvalue weighted by molar-refractivity contribution is 1.69. The quantitative estimate of drug-likeness (QED) is 0.165. The third-order valence-electron chi connectivity index (χ3n) is 10.1. The molecule has 48 heavy (non-hydrogen) atoms. The van der Waals surface area contributed by atoms with Gasteiger partial charge in [-0.2, -0.15) is 0 Å². The second-order valence-corrected chi connectivity index (χ2v) is 15.2. The normalized spacial score (nSPS) is 12.2. The molecule has 0 aliphatic carbocycles. The lowest BCUT2D eigenvalue weighted by atomic mass is 9.95. The van der Waals surface area contributed by atoms with Crippen molar-refractivity contribution in [3.63, 3.8) is 0 Å². The smallest absolute Gasteiger partial charge is 0.0361 e. The van der Waals surface area contributed by atoms with E-state index in [1.165, 1.54) is 106 Å². The summed E-state index contributed by atoms with van der Waals surface area (Å²) in [6.45, 7) is 0. The lowest BCUT2D eigenvalue weighted by Gasteiger charge is -2.09. The summed E-state index contributed by atoms with van der Waals surface area (Å²) < 4.78 is 5.38. The number of hydrogen-bond donors (Lipinski definition) is 0. The number of hydrogen-bond acceptors (Lipinski definition) is 2. The average Bonchev–Trinajstić information content (AvgIpc) is 3.67. The minimum atomic E-state index is 1.25. The SMILES string of the molecule is c1ccc2cc3c(cc2c1)sc1ccc(-c2ccc4cc5cc(-c6ccc7sc8cc9ccccc9cc8c7c6)ccc5cc4c2)cc13. The average molecular weight is 643 g/mol. The van der Waals surface area contributed by atoms with E-state index in [4.69, 9.17) is 0 Å². The molecule has 222 valence electrons. The van der Waals surface area contributed by atoms with Crippen LogP contribution in [-0.4, -0.2) is 0 Å². The molecule has 0 nitrogen and oxygen atoms in total. The van der Waals surface area contributed by atoms with Crippen LogP contribution in [0.15, 0.2) is 158 Å². The third kappa shape index (κ3) is 4.07. The van der Waals surface area contributed by atoms with Crippen molar-refractivity contribution in [2.45, 2.75) is 0 Å². The molecule has 11 aromatic rings. The van der Waals surface area contributed by atoms with Crippen LogP contribution in [0.4, 0.5) is 0 Å². The van der Waals surface area contributed by atoms with Gasteiger partial charge in [-0.1, -0.05) is 84.9 Å². The van der Waals surface area contributed by atoms with E-state index < -0.39 is 0 Å². The maximum Gasteiger partial charge on any atom is 0.0361 e. The molecule has 0 fully saturated rings. The zero-order valence-electron chi connectivity index (χ0n) is 25.8. The summed E-state index contributed by atoms with van der Waals surface area (Å²) in [6.07, 6.45) is 0. The van der Waals surface area contributed by atoms with E-state index in [0.29, 0.717) is 0 Å². The van der Waals surface area contributed by atoms with Crippen molar-refractivity contribution in [2.75, 3.05) is 0 Å². The van der Waals surface area contributed by atoms with Crippen LogP contribution >= 0.6 is 22.7 Å². The van der Waals surface area contributed by atoms with Crippen LogP contribution in [0, 0.1) is 0 Å². The van der Waals surface area contributed by atoms with E-state index >= 15 is 0 Å². The summed E-state index contributed by atoms with van der Waals surface area (Å²) >= 11 is 3.77. The highest BCUT2D eigenvalue weighted by atomic mass is 32.1. The van der Waals surface area contributed by atoms with Crippen molar-refractivity contribution in [1.82, 2.24) is 0 Å². The van der Waals surface area contributed by atoms with E-state index in [1.54, 1.807) is 0 Å². The zero-order chi connectivity index (χ0) is 31.3. The summed E-state index contributed by atoms with van der Waals surface area (Å²) in [7, 11) is 0. The molecule has 0 radical (unpaired) electrons. The Balaban J connectivity index is 0.985. The lowest BCUT2D eigenvalue weighted by Crippen LogP contribution is -1.83. The Morgan fingerprint density at radius 1 is 0.229 bits per heavy atom. The van der Waals surface area contributed by atoms with Gasteiger partial charge in [-0.15, -0.1) is 22.7 Å². The number of thiophene rings is 2. The van der Waals surface area contributed by atoms with Crippen molar-refractivity contribution in [2.24, 2.45) is 0 Å². The molecule has 0 saturated heterocycles. The number of rotatable bonds is 2. The van der Waals surface area contributed by atoms with Crippen LogP contribution in [0.3, 0.4) is 0 Å². The Bertz CT molecular complexity index is 2910. The number of fused-ring (bicyclic) bond motifs is 10. The molecule has 0 N–H and O–H groups in total. The zero-order valence-corrected chi connectivity index (χ0v) is 27.5. The fourth-order valence-corrected chi connectivity index (χ4v) is 9.87. The first-order valence-electron chi connectivity index (χ1n) is 16.4. The Labute approximate surface area is 284 Å². The molecule has 0 saturated carbocycles. The summed E-state index contributed by atoms with van der Waals surface area (Å²) in [4.78, 5) is 0. The van der Waals surface area contributed by atoms with Gasteiger partial charge in [0.15, 0.2) is 0 Å². The molecule has 0 aliphatic rings. The molecule has 9 aromatic carbocycles. The van der Waals surface area contributed by atoms with E-state index in [0.717, 1.165) is 0 Å². The van der Waals surface area contributed by atoms with E-state index in [1.807, 2.05) is 22.7 Å². The van der Waals surface area contributed by atoms with Crippen LogP contribution in [0.5, 0.6) is 0 Å². The third-order valence-corrected chi connectivity index (χ3v) is 12.4. The van der Waals surface area contributed by atoms with Crippen LogP contribution in [0.1, 0.15) is 0 Å². The molecule has 0 atom stereocenters. The van der Waals surface area contributed by atoms with Gasteiger partial charge in [-0.25, -0.2) is 0 Å². The van der Waals surface area contributed by atoms with Crippen molar-refractivity contribution in [3.8, 4) is 22.3 Å². The van der Waals surface area contributed by atoms with Crippen molar-refractivity contribution >= 4 is 106 Å². The minimum Gasteiger partial charge on any atom is -0.135 e. The molecule has 2 heterocycles. The van der Waals surface area contributed by atoms with E-state index in [2.05, 4.69) is 158 Å². The minimum absolute atomic E-state index is 1.25. The Morgan fingerprint density at radius 2 is 0.583 bits per heavy atom. The highest BCUT2D eigenvalue weighted by molar-refractivity contribution is 7.26. The predicted molar refractivity (Wildman–Crippen MR) is 213 cm³/mol. The maximum absolute atomic E-state index is 2.38. The van der Waals surface area contributed by atoms with Crippen LogP contribution in [-0.2, 0) is 0 Å². The molecule has 2 heteroatoms. The summed E-state index contributed by atoms with van der Waals surface area (Å²) in [6, 6.07) is 59.2. The monoisotopic (exact) mass is 642 g/mol. The second kappa shape index (κ2) is 9.98. The van der Waals surface area contributed by atoms with Crippen molar-refractivity contribution in [1.29, 1.82) is 0 Å². The van der Waals surface area contributed by atoms with E-state index in [9.17, 15) is 0 Å². The fraction of sp³-hybridized carbons (Fsp3) is 0. The topological polar surface area (TPSA) is 0 Å². The van der Waals surface area contributed by atoms with Crippen LogP contribution < -0.4 is 0 Å². The molecule has 0 aliphatic heterocycles. The fourth-order valence-electron chi connectivity index (χ4n) is 7.64. The summed E-state index contributed by atoms with van der Waals surface area (Å²) in [5.41, 5.74) is 5.03. The van der Waals surface area contributed by atoms with Crippen LogP contribution in [0.2, 0.25) is 0 Å². The van der Waals surface area contributed by atoms with Gasteiger partial charge in [0, 0.05) is 40.3 Å². The highest BCUT2D eigenvalue weighted by Crippen LogP contribution is 2.41. The van der Waals surface area contributed by atoms with Gasteiger partial charge in [0.2, 0.25) is 0 Å². The van der Waals surface area contributed by atoms with Crippen LogP contribution in [0.25, 0.3) is 106 Å². The molecule has 0 unspecified atom stereocenters. The Hall–Kier alpha value is -5.54. The van der Waals surface area contributed by atoms with Gasteiger partial charge in [0.25, 0.3) is 0 Å². The van der Waals surface area contributed by atoms with Gasteiger partial charge in [0.05, 0.1) is 0 Å². The molecule has 0 spiro atoms. The molecule has 11 rings (SSSR count). The van der Waals surface area contributed by atoms with Gasteiger partial charge in [-0.3, -0.25) is 0 Å². The summed E-state index contributed by atoms with van der Waals surface area (Å²) in [5.74, 6) is 0. The molecular weight excluding hydrogens is 617 g/mol. The van der Waals surface area contributed by atoms with Crippen molar-refractivity contribution < 1.29 is 0 Å². The van der Waals surface area contributed by atoms with E-state index in [-0.39, 0.29) is 0 Å². The Kier molecular flexibility index (Phi) is 5.51. The van der Waals surface area contributed by atoms with Crippen molar-refractivity contribution in [3.05, 3.63) is 158 Å². The first kappa shape index (κ1) is 26.5.